The molecule has 0 aliphatic heterocycles. The normalized spacial score (nSPS) is 28.5. The van der Waals surface area contributed by atoms with Gasteiger partial charge in [0.15, 0.2) is 0 Å². The van der Waals surface area contributed by atoms with Crippen LogP contribution in [0.5, 0.6) is 0 Å². The van der Waals surface area contributed by atoms with Gasteiger partial charge in [-0.25, -0.2) is 0 Å². The predicted molar refractivity (Wildman–Crippen MR) is 75.1 cm³/mol. The highest BCUT2D eigenvalue weighted by Gasteiger charge is 2.28. The van der Waals surface area contributed by atoms with Crippen molar-refractivity contribution >= 4 is 0 Å². The second-order valence-corrected chi connectivity index (χ2v) is 6.06. The Morgan fingerprint density at radius 1 is 1.00 bits per heavy atom. The number of hydrogen-bond donors (Lipinski definition) is 1. The van der Waals surface area contributed by atoms with Crippen LogP contribution in [0.25, 0.3) is 0 Å². The topological polar surface area (TPSA) is 12.0 Å². The average molecular weight is 235 g/mol. The van der Waals surface area contributed by atoms with Crippen LogP contribution in [0.15, 0.2) is 12.7 Å². The summed E-state index contributed by atoms with van der Waals surface area (Å²) < 4.78 is 0. The van der Waals surface area contributed by atoms with Gasteiger partial charge in [0.2, 0.25) is 0 Å². The van der Waals surface area contributed by atoms with Crippen molar-refractivity contribution in [2.24, 2.45) is 11.8 Å². The Balaban J connectivity index is 1.55. The summed E-state index contributed by atoms with van der Waals surface area (Å²) >= 11 is 0. The molecule has 2 aliphatic rings. The molecule has 0 spiro atoms. The van der Waals surface area contributed by atoms with Gasteiger partial charge >= 0.3 is 0 Å². The molecule has 0 amide bonds. The van der Waals surface area contributed by atoms with Crippen LogP contribution in [0.1, 0.15) is 64.2 Å². The molecule has 2 aliphatic carbocycles. The zero-order valence-corrected chi connectivity index (χ0v) is 11.3. The van der Waals surface area contributed by atoms with Crippen molar-refractivity contribution < 1.29 is 0 Å². The highest BCUT2D eigenvalue weighted by atomic mass is 14.9. The molecule has 1 N–H and O–H groups in total. The van der Waals surface area contributed by atoms with Crippen LogP contribution >= 0.6 is 0 Å². The zero-order valence-electron chi connectivity index (χ0n) is 11.3. The molecule has 1 heteroatoms. The fourth-order valence-electron chi connectivity index (χ4n) is 3.24. The summed E-state index contributed by atoms with van der Waals surface area (Å²) in [5.41, 5.74) is 0. The molecule has 1 nitrogen and oxygen atoms in total. The largest absolute Gasteiger partial charge is 0.314 e. The predicted octanol–water partition coefficient (Wildman–Crippen LogP) is 4.29. The van der Waals surface area contributed by atoms with E-state index in [0.29, 0.717) is 0 Å². The van der Waals surface area contributed by atoms with Crippen LogP contribution in [-0.4, -0.2) is 12.6 Å². The Labute approximate surface area is 107 Å². The molecule has 2 atom stereocenters. The van der Waals surface area contributed by atoms with Gasteiger partial charge in [0, 0.05) is 6.04 Å². The second-order valence-electron chi connectivity index (χ2n) is 6.06. The summed E-state index contributed by atoms with van der Waals surface area (Å²) in [5.74, 6) is 2.03. The van der Waals surface area contributed by atoms with Gasteiger partial charge < -0.3 is 5.32 Å². The molecule has 2 rings (SSSR count). The monoisotopic (exact) mass is 235 g/mol. The van der Waals surface area contributed by atoms with Gasteiger partial charge in [0.05, 0.1) is 0 Å². The van der Waals surface area contributed by atoms with E-state index in [0.717, 1.165) is 17.9 Å². The maximum atomic E-state index is 3.79. The first-order chi connectivity index (χ1) is 8.40. The quantitative estimate of drug-likeness (QED) is 0.464. The fourth-order valence-corrected chi connectivity index (χ4v) is 3.24. The summed E-state index contributed by atoms with van der Waals surface area (Å²) in [6, 6.07) is 0.892. The average Bonchev–Trinajstić information content (AvgIpc) is 3.06. The third-order valence-electron chi connectivity index (χ3n) is 4.55. The van der Waals surface area contributed by atoms with Crippen LogP contribution in [-0.2, 0) is 0 Å². The molecule has 2 fully saturated rings. The minimum Gasteiger partial charge on any atom is -0.314 e. The van der Waals surface area contributed by atoms with E-state index in [9.17, 15) is 0 Å². The van der Waals surface area contributed by atoms with Gasteiger partial charge in [-0.2, -0.15) is 0 Å². The van der Waals surface area contributed by atoms with Gasteiger partial charge in [0.25, 0.3) is 0 Å². The molecule has 0 heterocycles. The van der Waals surface area contributed by atoms with E-state index in [1.807, 2.05) is 0 Å². The van der Waals surface area contributed by atoms with Crippen LogP contribution in [0.3, 0.4) is 0 Å². The van der Waals surface area contributed by atoms with E-state index >= 15 is 0 Å². The Bertz CT molecular complexity index is 220. The van der Waals surface area contributed by atoms with Crippen LogP contribution in [0.2, 0.25) is 0 Å². The molecular formula is C16H29N. The van der Waals surface area contributed by atoms with Gasteiger partial charge in [-0.3, -0.25) is 0 Å². The first kappa shape index (κ1) is 13.1. The lowest BCUT2D eigenvalue weighted by atomic mass is 9.90. The molecule has 2 unspecified atom stereocenters. The van der Waals surface area contributed by atoms with Crippen LogP contribution in [0.4, 0.5) is 0 Å². The van der Waals surface area contributed by atoms with E-state index in [1.165, 1.54) is 70.8 Å². The number of hydrogen-bond acceptors (Lipinski definition) is 1. The third-order valence-corrected chi connectivity index (χ3v) is 4.55. The number of rotatable bonds is 9. The lowest BCUT2D eigenvalue weighted by Crippen LogP contribution is -2.26. The van der Waals surface area contributed by atoms with Crippen molar-refractivity contribution in [1.82, 2.24) is 5.32 Å². The van der Waals surface area contributed by atoms with E-state index in [1.54, 1.807) is 0 Å². The molecule has 17 heavy (non-hydrogen) atoms. The van der Waals surface area contributed by atoms with Gasteiger partial charge in [-0.15, -0.1) is 6.58 Å². The Morgan fingerprint density at radius 2 is 1.82 bits per heavy atom. The van der Waals surface area contributed by atoms with Crippen molar-refractivity contribution in [3.05, 3.63) is 12.7 Å². The smallest absolute Gasteiger partial charge is 0.00683 e. The van der Waals surface area contributed by atoms with Crippen molar-refractivity contribution in [1.29, 1.82) is 0 Å². The van der Waals surface area contributed by atoms with Crippen molar-refractivity contribution in [2.45, 2.75) is 70.3 Å². The second kappa shape index (κ2) is 7.20. The molecule has 0 aromatic rings. The van der Waals surface area contributed by atoms with E-state index in [2.05, 4.69) is 18.0 Å². The molecule has 0 radical (unpaired) electrons. The Morgan fingerprint density at radius 3 is 2.59 bits per heavy atom. The summed E-state index contributed by atoms with van der Waals surface area (Å²) in [6.07, 6.45) is 16.3. The Kier molecular flexibility index (Phi) is 5.57. The molecule has 0 saturated heterocycles. The molecule has 2 saturated carbocycles. The molecule has 0 bridgehead atoms. The highest BCUT2D eigenvalue weighted by molar-refractivity contribution is 4.85. The standard InChI is InChI=1S/C16H29N/c1-2-3-4-5-6-8-14-9-7-10-15(14)13-17-16-11-12-16/h2,14-17H,1,3-13H2. The summed E-state index contributed by atoms with van der Waals surface area (Å²) in [7, 11) is 0. The number of nitrogens with one attached hydrogen (secondary N) is 1. The van der Waals surface area contributed by atoms with Gasteiger partial charge in [-0.05, 0) is 50.5 Å². The van der Waals surface area contributed by atoms with Crippen LogP contribution < -0.4 is 5.32 Å². The first-order valence-corrected chi connectivity index (χ1v) is 7.74. The molecule has 0 aromatic heterocycles. The number of allylic oxidation sites excluding steroid dienone is 1. The third kappa shape index (κ3) is 4.83. The van der Waals surface area contributed by atoms with Crippen LogP contribution in [0, 0.1) is 11.8 Å². The summed E-state index contributed by atoms with van der Waals surface area (Å²) in [5, 5.41) is 3.73. The maximum Gasteiger partial charge on any atom is 0.00683 e. The van der Waals surface area contributed by atoms with Gasteiger partial charge in [0.1, 0.15) is 0 Å². The lowest BCUT2D eigenvalue weighted by Gasteiger charge is -2.20. The molecule has 98 valence electrons. The van der Waals surface area contributed by atoms with Crippen molar-refractivity contribution in [3.8, 4) is 0 Å². The Hall–Kier alpha value is -0.300. The first-order valence-electron chi connectivity index (χ1n) is 7.74. The van der Waals surface area contributed by atoms with E-state index in [4.69, 9.17) is 0 Å². The van der Waals surface area contributed by atoms with E-state index < -0.39 is 0 Å². The van der Waals surface area contributed by atoms with Gasteiger partial charge in [-0.1, -0.05) is 38.2 Å². The highest BCUT2D eigenvalue weighted by Crippen LogP contribution is 2.35. The van der Waals surface area contributed by atoms with Crippen molar-refractivity contribution in [2.75, 3.05) is 6.54 Å². The minimum atomic E-state index is 0.892. The lowest BCUT2D eigenvalue weighted by molar-refractivity contribution is 0.336. The zero-order chi connectivity index (χ0) is 11.9. The molecular weight excluding hydrogens is 206 g/mol. The maximum absolute atomic E-state index is 3.79. The number of unbranched alkanes of at least 4 members (excludes halogenated alkanes) is 3. The van der Waals surface area contributed by atoms with E-state index in [-0.39, 0.29) is 0 Å². The molecule has 0 aromatic carbocycles. The fraction of sp³-hybridized carbons (Fsp3) is 0.875. The SMILES string of the molecule is C=CCCCCCC1CCCC1CNC1CC1. The summed E-state index contributed by atoms with van der Waals surface area (Å²) in [6.45, 7) is 5.09. The minimum absolute atomic E-state index is 0.892. The summed E-state index contributed by atoms with van der Waals surface area (Å²) in [4.78, 5) is 0. The van der Waals surface area contributed by atoms with Crippen molar-refractivity contribution in [3.63, 3.8) is 0 Å².